The van der Waals surface area contributed by atoms with Gasteiger partial charge in [0.2, 0.25) is 0 Å². The minimum Gasteiger partial charge on any atom is -0.481 e. The molecule has 83 heavy (non-hydrogen) atoms. The lowest BCUT2D eigenvalue weighted by atomic mass is 9.84. The van der Waals surface area contributed by atoms with Gasteiger partial charge in [-0.2, -0.15) is 0 Å². The number of benzene rings is 4. The third-order valence-electron chi connectivity index (χ3n) is 16.3. The molecule has 3 amide bonds. The van der Waals surface area contributed by atoms with Crippen molar-refractivity contribution in [2.24, 2.45) is 20.8 Å². The number of carboxylic acid groups (broad SMARTS) is 2. The van der Waals surface area contributed by atoms with Crippen molar-refractivity contribution >= 4 is 87.5 Å². The second-order valence-corrected chi connectivity index (χ2v) is 26.9. The summed E-state index contributed by atoms with van der Waals surface area (Å²) in [4.78, 5) is 83.3. The van der Waals surface area contributed by atoms with Gasteiger partial charge in [0.15, 0.2) is 0 Å². The SMILES string of the molecule is CCCCN1CCC2(CC1)N=C(c1cc(Cl)cc(Cl)c1)C(=O)N2[C@H](CCC(C)(C)C)c1ccc(C(=O)NCCC(=O)O)cc1.CCCCN1CCC2(CC1)N=C(c1cc(Cl)cc(Cl)c1)C(=O)N2[C@H](CCC(C)(C)C)c1ccc(C(=O)O)cc1. The number of aliphatic imine (C=N–C) groups is 2. The number of hydrogen-bond acceptors (Lipinski definition) is 9. The molecule has 0 radical (unpaired) electrons. The summed E-state index contributed by atoms with van der Waals surface area (Å²) in [5, 5.41) is 22.8. The number of hydrogen-bond donors (Lipinski definition) is 3. The second-order valence-electron chi connectivity index (χ2n) is 25.1. The summed E-state index contributed by atoms with van der Waals surface area (Å²) in [7, 11) is 0. The van der Waals surface area contributed by atoms with Crippen molar-refractivity contribution < 1.29 is 34.2 Å². The van der Waals surface area contributed by atoms with Crippen LogP contribution >= 0.6 is 46.4 Å². The molecular formula is C65H83Cl4N7O7. The number of unbranched alkanes of at least 4 members (excludes halogenated alkanes) is 2. The van der Waals surface area contributed by atoms with Gasteiger partial charge in [-0.25, -0.2) is 4.79 Å². The maximum atomic E-state index is 14.5. The number of carboxylic acids is 2. The molecule has 4 aliphatic rings. The number of piperidine rings is 2. The third-order valence-corrected chi connectivity index (χ3v) is 17.2. The molecule has 4 aromatic rings. The maximum absolute atomic E-state index is 14.5. The lowest BCUT2D eigenvalue weighted by Crippen LogP contribution is -2.54. The Bertz CT molecular complexity index is 2970. The van der Waals surface area contributed by atoms with Gasteiger partial charge >= 0.3 is 11.9 Å². The summed E-state index contributed by atoms with van der Waals surface area (Å²) in [5.74, 6) is -2.54. The van der Waals surface area contributed by atoms with Gasteiger partial charge in [0.25, 0.3) is 17.7 Å². The molecule has 0 saturated carbocycles. The number of aromatic carboxylic acids is 1. The van der Waals surface area contributed by atoms with Crippen LogP contribution in [-0.2, 0) is 14.4 Å². The molecule has 2 fully saturated rings. The largest absolute Gasteiger partial charge is 0.481 e. The van der Waals surface area contributed by atoms with E-state index >= 15 is 0 Å². The average molecular weight is 1220 g/mol. The zero-order chi connectivity index (χ0) is 60.4. The van der Waals surface area contributed by atoms with E-state index in [0.29, 0.717) is 48.2 Å². The molecule has 18 heteroatoms. The smallest absolute Gasteiger partial charge is 0.335 e. The van der Waals surface area contributed by atoms with Crippen molar-refractivity contribution in [3.63, 3.8) is 0 Å². The average Bonchev–Trinajstić information content (AvgIpc) is 2.41. The van der Waals surface area contributed by atoms with Crippen LogP contribution in [0.2, 0.25) is 20.1 Å². The molecule has 4 heterocycles. The van der Waals surface area contributed by atoms with E-state index < -0.39 is 23.3 Å². The first kappa shape index (κ1) is 65.2. The molecule has 0 bridgehead atoms. The van der Waals surface area contributed by atoms with Crippen LogP contribution in [0.25, 0.3) is 0 Å². The predicted molar refractivity (Wildman–Crippen MR) is 334 cm³/mol. The zero-order valence-corrected chi connectivity index (χ0v) is 52.5. The highest BCUT2D eigenvalue weighted by Gasteiger charge is 2.53. The van der Waals surface area contributed by atoms with Gasteiger partial charge in [0, 0.05) is 95.2 Å². The van der Waals surface area contributed by atoms with Crippen molar-refractivity contribution in [1.29, 1.82) is 0 Å². The fourth-order valence-electron chi connectivity index (χ4n) is 11.7. The van der Waals surface area contributed by atoms with Gasteiger partial charge in [-0.15, -0.1) is 0 Å². The van der Waals surface area contributed by atoms with Crippen molar-refractivity contribution in [2.75, 3.05) is 45.8 Å². The van der Waals surface area contributed by atoms with Crippen LogP contribution in [0.15, 0.2) is 94.9 Å². The standard InChI is InChI=1S/C34H44Cl2N4O4.C31H39Cl2N3O3/c1-5-6-17-39-18-14-34(15-19-39)38-30(25-20-26(35)22-27(36)21-25)32(44)40(34)28(11-13-33(2,3)4)23-7-9-24(10-8-23)31(43)37-16-12-29(41)42;1-5-6-15-35-16-13-31(14-17-35)34-27(23-18-24(32)20-25(33)19-23)28(37)36(31)26(11-12-30(2,3)4)21-7-9-22(10-8-21)29(38)39/h7-10,20-22,28H,5-6,11-19H2,1-4H3,(H,37,43)(H,41,42);7-10,18-20,26H,5-6,11-17H2,1-4H3,(H,38,39)/t28-;26-/m11/s1. The molecule has 4 aromatic carbocycles. The van der Waals surface area contributed by atoms with Gasteiger partial charge in [-0.3, -0.25) is 29.2 Å². The zero-order valence-electron chi connectivity index (χ0n) is 49.5. The van der Waals surface area contributed by atoms with E-state index in [1.165, 1.54) is 0 Å². The molecule has 3 N–H and O–H groups in total. The highest BCUT2D eigenvalue weighted by Crippen LogP contribution is 2.47. The van der Waals surface area contributed by atoms with Crippen molar-refractivity contribution in [2.45, 2.75) is 162 Å². The van der Waals surface area contributed by atoms with E-state index in [0.717, 1.165) is 127 Å². The van der Waals surface area contributed by atoms with Crippen LogP contribution in [0.4, 0.5) is 0 Å². The minimum absolute atomic E-state index is 0.0336. The molecule has 2 saturated heterocycles. The van der Waals surface area contributed by atoms with Crippen LogP contribution in [0.3, 0.4) is 0 Å². The van der Waals surface area contributed by atoms with Crippen LogP contribution in [0, 0.1) is 10.8 Å². The quantitative estimate of drug-likeness (QED) is 0.0733. The molecule has 2 atom stereocenters. The molecule has 0 unspecified atom stereocenters. The molecule has 8 rings (SSSR count). The van der Waals surface area contributed by atoms with Crippen molar-refractivity contribution in [1.82, 2.24) is 24.9 Å². The maximum Gasteiger partial charge on any atom is 0.335 e. The Hall–Kier alpha value is -5.35. The fraction of sp³-hybridized carbons (Fsp3) is 0.523. The molecular weight excluding hydrogens is 1130 g/mol. The number of amides is 3. The third kappa shape index (κ3) is 17.0. The second kappa shape index (κ2) is 28.2. The monoisotopic (exact) mass is 1210 g/mol. The molecule has 0 aliphatic carbocycles. The van der Waals surface area contributed by atoms with Gasteiger partial charge in [0.1, 0.15) is 22.7 Å². The number of nitrogens with zero attached hydrogens (tertiary/aromatic N) is 6. The van der Waals surface area contributed by atoms with Gasteiger partial charge < -0.3 is 35.1 Å². The highest BCUT2D eigenvalue weighted by molar-refractivity contribution is 6.48. The first-order valence-electron chi connectivity index (χ1n) is 29.4. The van der Waals surface area contributed by atoms with Gasteiger partial charge in [-0.05, 0) is 134 Å². The fourth-order valence-corrected chi connectivity index (χ4v) is 12.8. The molecule has 2 spiro atoms. The number of aliphatic carboxylic acids is 1. The van der Waals surface area contributed by atoms with Crippen LogP contribution in [0.5, 0.6) is 0 Å². The summed E-state index contributed by atoms with van der Waals surface area (Å²) >= 11 is 25.4. The lowest BCUT2D eigenvalue weighted by Gasteiger charge is -2.46. The summed E-state index contributed by atoms with van der Waals surface area (Å²) in [6.45, 7) is 23.1. The van der Waals surface area contributed by atoms with E-state index in [2.05, 4.69) is 70.5 Å². The van der Waals surface area contributed by atoms with Gasteiger partial charge in [0.05, 0.1) is 24.1 Å². The number of halogens is 4. The van der Waals surface area contributed by atoms with E-state index in [9.17, 15) is 29.1 Å². The lowest BCUT2D eigenvalue weighted by molar-refractivity contribution is -0.137. The number of nitrogens with one attached hydrogen (secondary N) is 1. The van der Waals surface area contributed by atoms with Crippen molar-refractivity contribution in [3.05, 3.63) is 138 Å². The molecule has 448 valence electrons. The molecule has 14 nitrogen and oxygen atoms in total. The topological polar surface area (TPSA) is 176 Å². The highest BCUT2D eigenvalue weighted by atomic mass is 35.5. The van der Waals surface area contributed by atoms with E-state index in [4.69, 9.17) is 61.5 Å². The predicted octanol–water partition coefficient (Wildman–Crippen LogP) is 14.5. The van der Waals surface area contributed by atoms with E-state index in [1.807, 2.05) is 34.1 Å². The number of carbonyl (C=O) groups excluding carboxylic acids is 3. The number of likely N-dealkylation sites (tertiary alicyclic amines) is 2. The minimum atomic E-state index is -0.968. The summed E-state index contributed by atoms with van der Waals surface area (Å²) < 4.78 is 0. The Kier molecular flexibility index (Phi) is 22.2. The summed E-state index contributed by atoms with van der Waals surface area (Å²) in [5.41, 5.74) is 3.23. The first-order valence-corrected chi connectivity index (χ1v) is 30.9. The molecule has 4 aliphatic heterocycles. The van der Waals surface area contributed by atoms with Crippen LogP contribution < -0.4 is 5.32 Å². The Morgan fingerprint density at radius 1 is 0.578 bits per heavy atom. The summed E-state index contributed by atoms with van der Waals surface area (Å²) in [6, 6.07) is 24.0. The Morgan fingerprint density at radius 3 is 1.27 bits per heavy atom. The number of carbonyl (C=O) groups is 5. The van der Waals surface area contributed by atoms with Crippen LogP contribution in [0.1, 0.15) is 194 Å². The Morgan fingerprint density at radius 2 is 0.940 bits per heavy atom. The van der Waals surface area contributed by atoms with Crippen LogP contribution in [-0.4, -0.2) is 128 Å². The van der Waals surface area contributed by atoms with E-state index in [1.54, 1.807) is 60.7 Å². The van der Waals surface area contributed by atoms with Gasteiger partial charge in [-0.1, -0.05) is 139 Å². The van der Waals surface area contributed by atoms with Crippen molar-refractivity contribution in [3.8, 4) is 0 Å². The number of rotatable bonds is 21. The Labute approximate surface area is 511 Å². The molecule has 0 aromatic heterocycles. The van der Waals surface area contributed by atoms with E-state index in [-0.39, 0.29) is 59.2 Å². The Balaban J connectivity index is 0.000000240. The summed E-state index contributed by atoms with van der Waals surface area (Å²) in [6.07, 6.45) is 10.5. The first-order chi connectivity index (χ1) is 39.2. The normalized spacial score (nSPS) is 18.0.